The number of nitrogens with one attached hydrogen (secondary N) is 2. The number of aryl methyl sites for hydroxylation is 1. The van der Waals surface area contributed by atoms with Crippen molar-refractivity contribution < 1.29 is 29.4 Å². The zero-order chi connectivity index (χ0) is 27.1. The van der Waals surface area contributed by atoms with Gasteiger partial charge in [0.15, 0.2) is 5.84 Å². The van der Waals surface area contributed by atoms with E-state index in [0.717, 1.165) is 5.56 Å². The number of hydrogen-bond acceptors (Lipinski definition) is 7. The van der Waals surface area contributed by atoms with Crippen LogP contribution in [0.15, 0.2) is 64.4 Å². The van der Waals surface area contributed by atoms with Crippen LogP contribution in [0.4, 0.5) is 5.69 Å². The van der Waals surface area contributed by atoms with E-state index in [1.54, 1.807) is 56.3 Å². The average molecular weight is 570 g/mol. The molecule has 6 N–H and O–H groups in total. The molecule has 1 atom stereocenters. The first kappa shape index (κ1) is 27.1. The second-order valence-electron chi connectivity index (χ2n) is 7.98. The number of anilines is 1. The molecule has 11 nitrogen and oxygen atoms in total. The number of oxime groups is 1. The maximum atomic E-state index is 12.4. The fourth-order valence-electron chi connectivity index (χ4n) is 3.29. The van der Waals surface area contributed by atoms with Crippen LogP contribution in [0.3, 0.4) is 0 Å². The van der Waals surface area contributed by atoms with Crippen LogP contribution >= 0.6 is 15.9 Å². The van der Waals surface area contributed by atoms with Gasteiger partial charge in [-0.3, -0.25) is 14.6 Å². The van der Waals surface area contributed by atoms with E-state index < -0.39 is 23.8 Å². The van der Waals surface area contributed by atoms with E-state index in [1.807, 2.05) is 0 Å². The molecule has 0 saturated heterocycles. The smallest absolute Gasteiger partial charge is 0.337 e. The molecule has 0 saturated carbocycles. The Morgan fingerprint density at radius 2 is 1.84 bits per heavy atom. The van der Waals surface area contributed by atoms with E-state index in [1.165, 1.54) is 12.3 Å². The van der Waals surface area contributed by atoms with Gasteiger partial charge in [-0.05, 0) is 77.8 Å². The molecule has 0 aliphatic carbocycles. The highest BCUT2D eigenvalue weighted by Crippen LogP contribution is 2.32. The van der Waals surface area contributed by atoms with E-state index in [-0.39, 0.29) is 23.6 Å². The minimum atomic E-state index is -1.10. The SMILES string of the molecule is Cc1ncc(Oc2ccc(C(C)NC(=O)CC(=O)Nc3ccc(C(N)=NO)cc3)cc2Br)cc1C(=O)O. The topological polar surface area (TPSA) is 176 Å². The molecule has 1 aromatic heterocycles. The molecule has 0 spiro atoms. The molecular weight excluding hydrogens is 546 g/mol. The molecule has 2 amide bonds. The lowest BCUT2D eigenvalue weighted by Gasteiger charge is -2.16. The van der Waals surface area contributed by atoms with Crippen molar-refractivity contribution in [2.24, 2.45) is 10.9 Å². The number of carbonyl (C=O) groups is 3. The number of pyridine rings is 1. The maximum Gasteiger partial charge on any atom is 0.337 e. The van der Waals surface area contributed by atoms with Crippen LogP contribution in [0.25, 0.3) is 0 Å². The number of nitrogens with two attached hydrogens (primary N) is 1. The van der Waals surface area contributed by atoms with Crippen molar-refractivity contribution in [1.82, 2.24) is 10.3 Å². The van der Waals surface area contributed by atoms with Crippen LogP contribution in [0, 0.1) is 6.92 Å². The number of amidine groups is 1. The van der Waals surface area contributed by atoms with Gasteiger partial charge in [0.25, 0.3) is 0 Å². The Balaban J connectivity index is 1.57. The van der Waals surface area contributed by atoms with Crippen molar-refractivity contribution >= 4 is 45.2 Å². The van der Waals surface area contributed by atoms with Crippen molar-refractivity contribution in [3.8, 4) is 11.5 Å². The molecule has 2 aromatic carbocycles. The molecule has 0 aliphatic heterocycles. The van der Waals surface area contributed by atoms with Gasteiger partial charge in [-0.15, -0.1) is 0 Å². The summed E-state index contributed by atoms with van der Waals surface area (Å²) in [7, 11) is 0. The lowest BCUT2D eigenvalue weighted by Crippen LogP contribution is -2.30. The molecule has 0 fully saturated rings. The standard InChI is InChI=1S/C25H24BrN5O6/c1-13(29-22(32)11-23(33)30-17-6-3-15(4-7-17)24(27)31-36)16-5-8-21(20(26)9-16)37-18-10-19(25(34)35)14(2)28-12-18/h3-10,12-13,36H,11H2,1-2H3,(H2,27,31)(H,29,32)(H,30,33)(H,34,35). The van der Waals surface area contributed by atoms with Gasteiger partial charge in [0.05, 0.1) is 28.0 Å². The van der Waals surface area contributed by atoms with E-state index in [2.05, 4.69) is 36.7 Å². The number of aromatic nitrogens is 1. The number of amides is 2. The lowest BCUT2D eigenvalue weighted by atomic mass is 10.1. The summed E-state index contributed by atoms with van der Waals surface area (Å²) in [5.74, 6) is -1.43. The number of rotatable bonds is 9. The number of carboxylic acid groups (broad SMARTS) is 1. The largest absolute Gasteiger partial charge is 0.478 e. The summed E-state index contributed by atoms with van der Waals surface area (Å²) in [6.07, 6.45) is 1.05. The number of benzene rings is 2. The van der Waals surface area contributed by atoms with Crippen molar-refractivity contribution in [2.45, 2.75) is 26.3 Å². The van der Waals surface area contributed by atoms with E-state index >= 15 is 0 Å². The highest BCUT2D eigenvalue weighted by Gasteiger charge is 2.16. The van der Waals surface area contributed by atoms with Gasteiger partial charge in [0, 0.05) is 11.3 Å². The number of nitrogens with zero attached hydrogens (tertiary/aromatic N) is 2. The molecule has 1 unspecified atom stereocenters. The molecule has 3 aromatic rings. The Morgan fingerprint density at radius 1 is 1.14 bits per heavy atom. The van der Waals surface area contributed by atoms with Crippen molar-refractivity contribution in [1.29, 1.82) is 0 Å². The summed E-state index contributed by atoms with van der Waals surface area (Å²) in [5, 5.41) is 26.3. The monoisotopic (exact) mass is 569 g/mol. The fourth-order valence-corrected chi connectivity index (χ4v) is 3.77. The molecule has 0 radical (unpaired) electrons. The summed E-state index contributed by atoms with van der Waals surface area (Å²) in [6, 6.07) is 12.4. The molecule has 12 heteroatoms. The molecule has 192 valence electrons. The summed E-state index contributed by atoms with van der Waals surface area (Å²) in [6.45, 7) is 3.37. The average Bonchev–Trinajstić information content (AvgIpc) is 2.85. The zero-order valence-corrected chi connectivity index (χ0v) is 21.4. The number of halogens is 1. The van der Waals surface area contributed by atoms with E-state index in [0.29, 0.717) is 27.2 Å². The Labute approximate surface area is 220 Å². The summed E-state index contributed by atoms with van der Waals surface area (Å²) < 4.78 is 6.35. The Bertz CT molecular complexity index is 1360. The number of carboxylic acids is 1. The Kier molecular flexibility index (Phi) is 8.80. The Morgan fingerprint density at radius 3 is 2.46 bits per heavy atom. The quantitative estimate of drug-likeness (QED) is 0.0845. The minimum Gasteiger partial charge on any atom is -0.478 e. The first-order valence-corrected chi connectivity index (χ1v) is 11.7. The van der Waals surface area contributed by atoms with Crippen LogP contribution in [-0.4, -0.2) is 38.9 Å². The van der Waals surface area contributed by atoms with Crippen LogP contribution in [0.1, 0.15) is 46.6 Å². The fraction of sp³-hybridized carbons (Fsp3) is 0.160. The second-order valence-corrected chi connectivity index (χ2v) is 8.83. The molecule has 0 bridgehead atoms. The van der Waals surface area contributed by atoms with Gasteiger partial charge in [-0.25, -0.2) is 4.79 Å². The van der Waals surface area contributed by atoms with Gasteiger partial charge < -0.3 is 31.4 Å². The number of carbonyl (C=O) groups excluding carboxylic acids is 2. The second kappa shape index (κ2) is 12.0. The predicted octanol–water partition coefficient (Wildman–Crippen LogP) is 3.94. The third kappa shape index (κ3) is 7.27. The number of ether oxygens (including phenoxy) is 1. The first-order chi connectivity index (χ1) is 17.6. The predicted molar refractivity (Wildman–Crippen MR) is 139 cm³/mol. The number of aromatic carboxylic acids is 1. The highest BCUT2D eigenvalue weighted by molar-refractivity contribution is 9.10. The maximum absolute atomic E-state index is 12.4. The van der Waals surface area contributed by atoms with Crippen LogP contribution in [0.5, 0.6) is 11.5 Å². The van der Waals surface area contributed by atoms with Gasteiger partial charge in [-0.1, -0.05) is 11.2 Å². The molecule has 0 aliphatic rings. The highest BCUT2D eigenvalue weighted by atomic mass is 79.9. The van der Waals surface area contributed by atoms with E-state index in [4.69, 9.17) is 15.7 Å². The van der Waals surface area contributed by atoms with Gasteiger partial charge in [0.1, 0.15) is 17.9 Å². The van der Waals surface area contributed by atoms with Crippen molar-refractivity contribution in [3.63, 3.8) is 0 Å². The van der Waals surface area contributed by atoms with Crippen LogP contribution in [0.2, 0.25) is 0 Å². The molecular formula is C25H24BrN5O6. The van der Waals surface area contributed by atoms with Crippen LogP contribution < -0.4 is 21.1 Å². The zero-order valence-electron chi connectivity index (χ0n) is 19.9. The first-order valence-electron chi connectivity index (χ1n) is 10.9. The Hall–Kier alpha value is -4.45. The number of hydrogen-bond donors (Lipinski definition) is 5. The van der Waals surface area contributed by atoms with Crippen molar-refractivity contribution in [3.05, 3.63) is 81.6 Å². The third-order valence-corrected chi connectivity index (χ3v) is 5.87. The summed E-state index contributed by atoms with van der Waals surface area (Å²) in [4.78, 5) is 40.0. The molecule has 37 heavy (non-hydrogen) atoms. The molecule has 3 rings (SSSR count). The summed E-state index contributed by atoms with van der Waals surface area (Å²) >= 11 is 3.43. The van der Waals surface area contributed by atoms with Gasteiger partial charge in [-0.2, -0.15) is 0 Å². The van der Waals surface area contributed by atoms with E-state index in [9.17, 15) is 19.5 Å². The van der Waals surface area contributed by atoms with Crippen molar-refractivity contribution in [2.75, 3.05) is 5.32 Å². The van der Waals surface area contributed by atoms with Gasteiger partial charge in [0.2, 0.25) is 11.8 Å². The van der Waals surface area contributed by atoms with Crippen LogP contribution in [-0.2, 0) is 9.59 Å². The third-order valence-electron chi connectivity index (χ3n) is 5.25. The summed E-state index contributed by atoms with van der Waals surface area (Å²) in [5.41, 5.74) is 7.62. The lowest BCUT2D eigenvalue weighted by molar-refractivity contribution is -0.127. The normalized spacial score (nSPS) is 11.9. The minimum absolute atomic E-state index is 0.0449. The van der Waals surface area contributed by atoms with Gasteiger partial charge >= 0.3 is 5.97 Å². The molecule has 1 heterocycles.